The van der Waals surface area contributed by atoms with Gasteiger partial charge in [0.1, 0.15) is 5.82 Å². The van der Waals surface area contributed by atoms with Crippen LogP contribution in [-0.2, 0) is 0 Å². The van der Waals surface area contributed by atoms with Crippen molar-refractivity contribution in [3.8, 4) is 11.4 Å². The average molecular weight is 209 g/mol. The van der Waals surface area contributed by atoms with E-state index in [9.17, 15) is 0 Å². The maximum atomic E-state index is 4.32. The summed E-state index contributed by atoms with van der Waals surface area (Å²) < 4.78 is 0. The van der Waals surface area contributed by atoms with Crippen molar-refractivity contribution in [1.82, 2.24) is 15.2 Å². The number of hydrogen-bond acceptors (Lipinski definition) is 2. The van der Waals surface area contributed by atoms with Crippen LogP contribution < -0.4 is 0 Å². The van der Waals surface area contributed by atoms with Crippen molar-refractivity contribution < 1.29 is 0 Å². The van der Waals surface area contributed by atoms with E-state index in [2.05, 4.69) is 39.4 Å². The van der Waals surface area contributed by atoms with Gasteiger partial charge in [0.2, 0.25) is 0 Å². The Morgan fingerprint density at radius 1 is 1.00 bits per heavy atom. The van der Waals surface area contributed by atoms with Crippen molar-refractivity contribution in [2.45, 2.75) is 6.92 Å². The number of nitrogens with one attached hydrogen (secondary N) is 1. The minimum Gasteiger partial charge on any atom is -0.263 e. The number of rotatable bonds is 1. The van der Waals surface area contributed by atoms with Gasteiger partial charge >= 0.3 is 0 Å². The van der Waals surface area contributed by atoms with Crippen LogP contribution in [0.2, 0.25) is 0 Å². The molecule has 3 rings (SSSR count). The summed E-state index contributed by atoms with van der Waals surface area (Å²) in [5.74, 6) is 1.59. The fraction of sp³-hybridized carbons (Fsp3) is 0.0769. The third kappa shape index (κ3) is 1.46. The van der Waals surface area contributed by atoms with Crippen molar-refractivity contribution in [2.24, 2.45) is 0 Å². The molecule has 0 fully saturated rings. The SMILES string of the molecule is Cc1nc(-c2ccc3ccccc3c2)n[nH]1. The molecule has 0 atom stereocenters. The van der Waals surface area contributed by atoms with Gasteiger partial charge in [-0.25, -0.2) is 4.98 Å². The van der Waals surface area contributed by atoms with Crippen molar-refractivity contribution in [2.75, 3.05) is 0 Å². The first kappa shape index (κ1) is 9.09. The Morgan fingerprint density at radius 2 is 1.81 bits per heavy atom. The highest BCUT2D eigenvalue weighted by Crippen LogP contribution is 2.21. The van der Waals surface area contributed by atoms with Crippen LogP contribution in [0, 0.1) is 6.92 Å². The van der Waals surface area contributed by atoms with Gasteiger partial charge in [-0.05, 0) is 23.8 Å². The lowest BCUT2D eigenvalue weighted by Crippen LogP contribution is -1.81. The number of aryl methyl sites for hydroxylation is 1. The molecule has 0 aliphatic rings. The smallest absolute Gasteiger partial charge is 0.181 e. The fourth-order valence-corrected chi connectivity index (χ4v) is 1.80. The molecule has 78 valence electrons. The van der Waals surface area contributed by atoms with Gasteiger partial charge in [0.25, 0.3) is 0 Å². The summed E-state index contributed by atoms with van der Waals surface area (Å²) >= 11 is 0. The maximum Gasteiger partial charge on any atom is 0.181 e. The van der Waals surface area contributed by atoms with Crippen LogP contribution >= 0.6 is 0 Å². The first-order chi connectivity index (χ1) is 7.83. The Hall–Kier alpha value is -2.16. The summed E-state index contributed by atoms with van der Waals surface area (Å²) in [5, 5.41) is 9.46. The first-order valence-corrected chi connectivity index (χ1v) is 5.21. The number of aromatic nitrogens is 3. The maximum absolute atomic E-state index is 4.32. The molecule has 0 unspecified atom stereocenters. The highest BCUT2D eigenvalue weighted by atomic mass is 15.2. The zero-order chi connectivity index (χ0) is 11.0. The van der Waals surface area contributed by atoms with Crippen LogP contribution in [0.5, 0.6) is 0 Å². The normalized spacial score (nSPS) is 10.8. The van der Waals surface area contributed by atoms with E-state index in [1.165, 1.54) is 10.8 Å². The summed E-state index contributed by atoms with van der Waals surface area (Å²) in [6, 6.07) is 14.5. The van der Waals surface area contributed by atoms with E-state index < -0.39 is 0 Å². The predicted octanol–water partition coefficient (Wildman–Crippen LogP) is 2.93. The van der Waals surface area contributed by atoms with E-state index in [1.54, 1.807) is 0 Å². The van der Waals surface area contributed by atoms with Gasteiger partial charge in [0.05, 0.1) is 0 Å². The molecule has 0 saturated heterocycles. The topological polar surface area (TPSA) is 41.6 Å². The van der Waals surface area contributed by atoms with E-state index in [1.807, 2.05) is 25.1 Å². The number of benzene rings is 2. The van der Waals surface area contributed by atoms with Gasteiger partial charge in [-0.1, -0.05) is 36.4 Å². The Balaban J connectivity index is 2.18. The summed E-state index contributed by atoms with van der Waals surface area (Å²) in [4.78, 5) is 4.32. The van der Waals surface area contributed by atoms with E-state index in [4.69, 9.17) is 0 Å². The van der Waals surface area contributed by atoms with Crippen molar-refractivity contribution in [1.29, 1.82) is 0 Å². The Kier molecular flexibility index (Phi) is 1.96. The zero-order valence-electron chi connectivity index (χ0n) is 8.94. The predicted molar refractivity (Wildman–Crippen MR) is 64.1 cm³/mol. The van der Waals surface area contributed by atoms with E-state index in [0.29, 0.717) is 0 Å². The van der Waals surface area contributed by atoms with Crippen molar-refractivity contribution >= 4 is 10.8 Å². The average Bonchev–Trinajstić information content (AvgIpc) is 2.75. The molecule has 0 bridgehead atoms. The van der Waals surface area contributed by atoms with E-state index in [0.717, 1.165) is 17.2 Å². The van der Waals surface area contributed by atoms with E-state index >= 15 is 0 Å². The van der Waals surface area contributed by atoms with Crippen molar-refractivity contribution in [3.05, 3.63) is 48.3 Å². The highest BCUT2D eigenvalue weighted by Gasteiger charge is 2.03. The minimum atomic E-state index is 0.753. The number of nitrogens with zero attached hydrogens (tertiary/aromatic N) is 2. The van der Waals surface area contributed by atoms with Gasteiger partial charge in [0, 0.05) is 5.56 Å². The zero-order valence-corrected chi connectivity index (χ0v) is 8.94. The van der Waals surface area contributed by atoms with Crippen LogP contribution in [0.1, 0.15) is 5.82 Å². The molecular weight excluding hydrogens is 198 g/mol. The first-order valence-electron chi connectivity index (χ1n) is 5.21. The van der Waals surface area contributed by atoms with Gasteiger partial charge in [-0.3, -0.25) is 5.10 Å². The minimum absolute atomic E-state index is 0.753. The molecule has 0 spiro atoms. The van der Waals surface area contributed by atoms with Crippen LogP contribution in [0.25, 0.3) is 22.2 Å². The molecule has 3 heteroatoms. The molecule has 0 saturated carbocycles. The molecule has 0 radical (unpaired) electrons. The molecule has 0 aliphatic carbocycles. The third-order valence-corrected chi connectivity index (χ3v) is 2.60. The Labute approximate surface area is 93.2 Å². The van der Waals surface area contributed by atoms with Gasteiger partial charge in [-0.15, -0.1) is 0 Å². The molecule has 0 aliphatic heterocycles. The Morgan fingerprint density at radius 3 is 2.56 bits per heavy atom. The van der Waals surface area contributed by atoms with Crippen LogP contribution in [0.3, 0.4) is 0 Å². The lowest BCUT2D eigenvalue weighted by molar-refractivity contribution is 1.04. The molecule has 3 nitrogen and oxygen atoms in total. The number of hydrogen-bond donors (Lipinski definition) is 1. The second kappa shape index (κ2) is 3.45. The molecule has 1 heterocycles. The molecule has 0 amide bonds. The third-order valence-electron chi connectivity index (χ3n) is 2.60. The summed E-state index contributed by atoms with van der Waals surface area (Å²) in [5.41, 5.74) is 1.04. The lowest BCUT2D eigenvalue weighted by atomic mass is 10.1. The summed E-state index contributed by atoms with van der Waals surface area (Å²) in [6.07, 6.45) is 0. The molecule has 3 aromatic rings. The molecule has 1 N–H and O–H groups in total. The monoisotopic (exact) mass is 209 g/mol. The number of aromatic amines is 1. The van der Waals surface area contributed by atoms with Gasteiger partial charge in [-0.2, -0.15) is 5.10 Å². The molecular formula is C13H11N3. The fourth-order valence-electron chi connectivity index (χ4n) is 1.80. The van der Waals surface area contributed by atoms with Crippen molar-refractivity contribution in [3.63, 3.8) is 0 Å². The standard InChI is InChI=1S/C13H11N3/c1-9-14-13(16-15-9)12-7-6-10-4-2-3-5-11(10)8-12/h2-8H,1H3,(H,14,15,16). The summed E-state index contributed by atoms with van der Waals surface area (Å²) in [6.45, 7) is 1.90. The molecule has 2 aromatic carbocycles. The molecule has 16 heavy (non-hydrogen) atoms. The van der Waals surface area contributed by atoms with Crippen LogP contribution in [-0.4, -0.2) is 15.2 Å². The number of fused-ring (bicyclic) bond motifs is 1. The second-order valence-electron chi connectivity index (χ2n) is 3.81. The Bertz CT molecular complexity index is 640. The van der Waals surface area contributed by atoms with Gasteiger partial charge < -0.3 is 0 Å². The van der Waals surface area contributed by atoms with Gasteiger partial charge in [0.15, 0.2) is 5.82 Å². The second-order valence-corrected chi connectivity index (χ2v) is 3.81. The largest absolute Gasteiger partial charge is 0.263 e. The van der Waals surface area contributed by atoms with Crippen LogP contribution in [0.15, 0.2) is 42.5 Å². The summed E-state index contributed by atoms with van der Waals surface area (Å²) in [7, 11) is 0. The van der Waals surface area contributed by atoms with Crippen LogP contribution in [0.4, 0.5) is 0 Å². The van der Waals surface area contributed by atoms with E-state index in [-0.39, 0.29) is 0 Å². The quantitative estimate of drug-likeness (QED) is 0.669. The molecule has 1 aromatic heterocycles. The number of H-pyrrole nitrogens is 1. The highest BCUT2D eigenvalue weighted by molar-refractivity contribution is 5.86. The lowest BCUT2D eigenvalue weighted by Gasteiger charge is -1.99.